The van der Waals surface area contributed by atoms with Gasteiger partial charge in [0.2, 0.25) is 0 Å². The molecule has 1 aliphatic rings. The molecule has 1 aromatic carbocycles. The first kappa shape index (κ1) is 12.4. The fraction of sp³-hybridized carbons (Fsp3) is 0.600. The molecular weight excluding hydrogens is 208 g/mol. The van der Waals surface area contributed by atoms with Gasteiger partial charge in [0.15, 0.2) is 0 Å². The van der Waals surface area contributed by atoms with E-state index in [-0.39, 0.29) is 0 Å². The molecule has 1 fully saturated rings. The summed E-state index contributed by atoms with van der Waals surface area (Å²) in [6.07, 6.45) is 4.07. The molecule has 0 aromatic heterocycles. The summed E-state index contributed by atoms with van der Waals surface area (Å²) in [6, 6.07) is 6.42. The third-order valence-electron chi connectivity index (χ3n) is 4.02. The number of rotatable bonds is 3. The second-order valence-electron chi connectivity index (χ2n) is 5.32. The molecule has 1 aliphatic heterocycles. The summed E-state index contributed by atoms with van der Waals surface area (Å²) in [4.78, 5) is 2.57. The van der Waals surface area contributed by atoms with Gasteiger partial charge in [0.1, 0.15) is 0 Å². The van der Waals surface area contributed by atoms with Gasteiger partial charge in [0, 0.05) is 12.2 Å². The first-order chi connectivity index (χ1) is 8.19. The van der Waals surface area contributed by atoms with Gasteiger partial charge in [-0.25, -0.2) is 0 Å². The maximum atomic E-state index is 5.84. The van der Waals surface area contributed by atoms with Crippen molar-refractivity contribution in [1.82, 2.24) is 4.90 Å². The largest absolute Gasteiger partial charge is 0.399 e. The van der Waals surface area contributed by atoms with E-state index in [1.54, 1.807) is 0 Å². The highest BCUT2D eigenvalue weighted by atomic mass is 15.1. The Balaban J connectivity index is 1.91. The third-order valence-corrected chi connectivity index (χ3v) is 4.02. The number of likely N-dealkylation sites (tertiary alicyclic amines) is 1. The quantitative estimate of drug-likeness (QED) is 0.811. The molecule has 0 saturated carbocycles. The van der Waals surface area contributed by atoms with Gasteiger partial charge in [-0.15, -0.1) is 0 Å². The number of piperidine rings is 1. The van der Waals surface area contributed by atoms with Gasteiger partial charge in [0.25, 0.3) is 0 Å². The van der Waals surface area contributed by atoms with Gasteiger partial charge in [-0.3, -0.25) is 4.90 Å². The minimum Gasteiger partial charge on any atom is -0.399 e. The van der Waals surface area contributed by atoms with Gasteiger partial charge < -0.3 is 5.73 Å². The van der Waals surface area contributed by atoms with Crippen LogP contribution in [0.15, 0.2) is 18.2 Å². The van der Waals surface area contributed by atoms with Crippen molar-refractivity contribution in [2.24, 2.45) is 5.92 Å². The maximum Gasteiger partial charge on any atom is 0.0343 e. The lowest BCUT2D eigenvalue weighted by atomic mass is 9.94. The normalized spacial score (nSPS) is 18.5. The molecule has 0 unspecified atom stereocenters. The Hall–Kier alpha value is -1.02. The Morgan fingerprint density at radius 1 is 1.29 bits per heavy atom. The van der Waals surface area contributed by atoms with Crippen molar-refractivity contribution < 1.29 is 0 Å². The minimum atomic E-state index is 0.901. The number of aryl methyl sites for hydroxylation is 1. The van der Waals surface area contributed by atoms with Crippen molar-refractivity contribution in [1.29, 1.82) is 0 Å². The second kappa shape index (κ2) is 5.54. The van der Waals surface area contributed by atoms with E-state index in [4.69, 9.17) is 5.73 Å². The minimum absolute atomic E-state index is 0.901. The van der Waals surface area contributed by atoms with Gasteiger partial charge in [0.05, 0.1) is 0 Å². The number of hydrogen-bond donors (Lipinski definition) is 1. The maximum absolute atomic E-state index is 5.84. The molecule has 0 aliphatic carbocycles. The van der Waals surface area contributed by atoms with Crippen LogP contribution in [0.5, 0.6) is 0 Å². The smallest absolute Gasteiger partial charge is 0.0343 e. The zero-order chi connectivity index (χ0) is 12.3. The number of benzene rings is 1. The molecule has 17 heavy (non-hydrogen) atoms. The summed E-state index contributed by atoms with van der Waals surface area (Å²) >= 11 is 0. The van der Waals surface area contributed by atoms with Crippen LogP contribution in [0.25, 0.3) is 0 Å². The summed E-state index contributed by atoms with van der Waals surface area (Å²) in [6.45, 7) is 7.98. The fourth-order valence-corrected chi connectivity index (χ4v) is 2.65. The second-order valence-corrected chi connectivity index (χ2v) is 5.32. The molecule has 2 nitrogen and oxygen atoms in total. The number of nitrogens with two attached hydrogens (primary N) is 1. The van der Waals surface area contributed by atoms with E-state index in [0.29, 0.717) is 0 Å². The first-order valence-electron chi connectivity index (χ1n) is 6.76. The zero-order valence-electron chi connectivity index (χ0n) is 11.1. The number of nitrogen functional groups attached to an aromatic ring is 1. The molecule has 0 amide bonds. The van der Waals surface area contributed by atoms with Crippen molar-refractivity contribution >= 4 is 5.69 Å². The molecule has 1 aromatic rings. The molecule has 0 atom stereocenters. The Morgan fingerprint density at radius 3 is 2.59 bits per heavy atom. The van der Waals surface area contributed by atoms with E-state index < -0.39 is 0 Å². The highest BCUT2D eigenvalue weighted by molar-refractivity contribution is 5.47. The number of hydrogen-bond acceptors (Lipinski definition) is 2. The summed E-state index contributed by atoms with van der Waals surface area (Å²) < 4.78 is 0. The topological polar surface area (TPSA) is 29.3 Å². The van der Waals surface area contributed by atoms with Gasteiger partial charge in [-0.2, -0.15) is 0 Å². The molecule has 0 bridgehead atoms. The van der Waals surface area contributed by atoms with Crippen LogP contribution < -0.4 is 5.73 Å². The van der Waals surface area contributed by atoms with Crippen molar-refractivity contribution in [3.05, 3.63) is 29.3 Å². The summed E-state index contributed by atoms with van der Waals surface area (Å²) in [5.41, 5.74) is 9.34. The van der Waals surface area contributed by atoms with Crippen molar-refractivity contribution in [3.63, 3.8) is 0 Å². The predicted molar refractivity (Wildman–Crippen MR) is 73.9 cm³/mol. The molecule has 1 saturated heterocycles. The average Bonchev–Trinajstić information content (AvgIpc) is 2.35. The molecule has 2 rings (SSSR count). The first-order valence-corrected chi connectivity index (χ1v) is 6.76. The van der Waals surface area contributed by atoms with E-state index in [9.17, 15) is 0 Å². The van der Waals surface area contributed by atoms with E-state index in [0.717, 1.165) is 18.2 Å². The van der Waals surface area contributed by atoms with Crippen LogP contribution in [0.3, 0.4) is 0 Å². The lowest BCUT2D eigenvalue weighted by Crippen LogP contribution is -2.33. The van der Waals surface area contributed by atoms with E-state index in [1.165, 1.54) is 43.5 Å². The number of anilines is 1. The van der Waals surface area contributed by atoms with Crippen LogP contribution in [0.1, 0.15) is 37.3 Å². The van der Waals surface area contributed by atoms with Crippen LogP contribution >= 0.6 is 0 Å². The molecule has 2 heteroatoms. The van der Waals surface area contributed by atoms with Crippen LogP contribution in [0.4, 0.5) is 5.69 Å². The number of nitrogens with zero attached hydrogens (tertiary/aromatic N) is 1. The van der Waals surface area contributed by atoms with Crippen LogP contribution in [-0.4, -0.2) is 18.0 Å². The molecule has 0 radical (unpaired) electrons. The SMILES string of the molecule is CCC1CCN(Cc2ccc(N)c(C)c2)CC1. The molecule has 1 heterocycles. The fourth-order valence-electron chi connectivity index (χ4n) is 2.65. The van der Waals surface area contributed by atoms with Crippen LogP contribution in [-0.2, 0) is 6.54 Å². The summed E-state index contributed by atoms with van der Waals surface area (Å²) in [7, 11) is 0. The predicted octanol–water partition coefficient (Wildman–Crippen LogP) is 3.20. The summed E-state index contributed by atoms with van der Waals surface area (Å²) in [5.74, 6) is 0.958. The Bertz CT molecular complexity index is 365. The molecular formula is C15H24N2. The van der Waals surface area contributed by atoms with E-state index >= 15 is 0 Å². The molecule has 2 N–H and O–H groups in total. The van der Waals surface area contributed by atoms with Crippen LogP contribution in [0, 0.1) is 12.8 Å². The van der Waals surface area contributed by atoms with Gasteiger partial charge >= 0.3 is 0 Å². The standard InChI is InChI=1S/C15H24N2/c1-3-13-6-8-17(9-7-13)11-14-4-5-15(16)12(2)10-14/h4-5,10,13H,3,6-9,11,16H2,1-2H3. The summed E-state index contributed by atoms with van der Waals surface area (Å²) in [5, 5.41) is 0. The molecule has 94 valence electrons. The highest BCUT2D eigenvalue weighted by Gasteiger charge is 2.17. The van der Waals surface area contributed by atoms with Crippen molar-refractivity contribution in [2.75, 3.05) is 18.8 Å². The highest BCUT2D eigenvalue weighted by Crippen LogP contribution is 2.22. The molecule has 0 spiro atoms. The van der Waals surface area contributed by atoms with E-state index in [2.05, 4.69) is 30.9 Å². The third kappa shape index (κ3) is 3.22. The van der Waals surface area contributed by atoms with Crippen molar-refractivity contribution in [2.45, 2.75) is 39.7 Å². The average molecular weight is 232 g/mol. The van der Waals surface area contributed by atoms with E-state index in [1.807, 2.05) is 6.07 Å². The van der Waals surface area contributed by atoms with Crippen molar-refractivity contribution in [3.8, 4) is 0 Å². The Morgan fingerprint density at radius 2 is 2.00 bits per heavy atom. The Labute approximate surface area is 105 Å². The lowest BCUT2D eigenvalue weighted by molar-refractivity contribution is 0.175. The van der Waals surface area contributed by atoms with Gasteiger partial charge in [-0.1, -0.05) is 25.5 Å². The zero-order valence-corrected chi connectivity index (χ0v) is 11.1. The van der Waals surface area contributed by atoms with Crippen LogP contribution in [0.2, 0.25) is 0 Å². The lowest BCUT2D eigenvalue weighted by Gasteiger charge is -2.31. The van der Waals surface area contributed by atoms with Gasteiger partial charge in [-0.05, 0) is 56.0 Å². The Kier molecular flexibility index (Phi) is 4.06. The monoisotopic (exact) mass is 232 g/mol.